The Kier molecular flexibility index (Phi) is 6.91. The number of fused-ring (bicyclic) bond motifs is 1. The van der Waals surface area contributed by atoms with Gasteiger partial charge in [-0.1, -0.05) is 17.3 Å². The van der Waals surface area contributed by atoms with E-state index in [0.717, 1.165) is 37.0 Å². The van der Waals surface area contributed by atoms with Gasteiger partial charge in [-0.3, -0.25) is 9.59 Å². The normalized spacial score (nSPS) is 12.4. The van der Waals surface area contributed by atoms with Crippen LogP contribution in [0.3, 0.4) is 0 Å². The SMILES string of the molecule is COC(=O)c1cc(CNC(=O)c2noc3c2CCCC3)cc(NC(=O)c2ccccc2OC)c1. The fraction of sp³-hybridized carbons (Fsp3) is 0.280. The molecule has 176 valence electrons. The lowest BCUT2D eigenvalue weighted by molar-refractivity contribution is 0.0600. The summed E-state index contributed by atoms with van der Waals surface area (Å²) in [5.74, 6) is -0.122. The summed E-state index contributed by atoms with van der Waals surface area (Å²) in [6.07, 6.45) is 3.56. The minimum absolute atomic E-state index is 0.114. The maximum Gasteiger partial charge on any atom is 0.337 e. The Hall–Kier alpha value is -4.14. The molecule has 1 aromatic heterocycles. The smallest absolute Gasteiger partial charge is 0.337 e. The zero-order valence-electron chi connectivity index (χ0n) is 19.0. The summed E-state index contributed by atoms with van der Waals surface area (Å²) in [5.41, 5.74) is 2.72. The predicted molar refractivity (Wildman–Crippen MR) is 123 cm³/mol. The van der Waals surface area contributed by atoms with Crippen LogP contribution in [0, 0.1) is 0 Å². The first kappa shape index (κ1) is 23.0. The molecule has 0 unspecified atom stereocenters. The molecule has 0 saturated heterocycles. The number of nitrogens with zero attached hydrogens (tertiary/aromatic N) is 1. The average molecular weight is 463 g/mol. The molecule has 3 aromatic rings. The Bertz CT molecular complexity index is 1230. The van der Waals surface area contributed by atoms with Gasteiger partial charge in [0.1, 0.15) is 11.5 Å². The van der Waals surface area contributed by atoms with Crippen molar-refractivity contribution in [1.82, 2.24) is 10.5 Å². The van der Waals surface area contributed by atoms with Crippen molar-refractivity contribution in [3.8, 4) is 5.75 Å². The van der Waals surface area contributed by atoms with Gasteiger partial charge in [0.15, 0.2) is 5.69 Å². The van der Waals surface area contributed by atoms with Crippen molar-refractivity contribution in [2.75, 3.05) is 19.5 Å². The molecule has 1 aliphatic carbocycles. The number of nitrogens with one attached hydrogen (secondary N) is 2. The first-order chi connectivity index (χ1) is 16.5. The molecular weight excluding hydrogens is 438 g/mol. The van der Waals surface area contributed by atoms with Crippen molar-refractivity contribution in [2.24, 2.45) is 0 Å². The van der Waals surface area contributed by atoms with Gasteiger partial charge in [0.05, 0.1) is 25.3 Å². The molecule has 9 heteroatoms. The van der Waals surface area contributed by atoms with E-state index in [9.17, 15) is 14.4 Å². The van der Waals surface area contributed by atoms with E-state index in [0.29, 0.717) is 28.3 Å². The topological polar surface area (TPSA) is 120 Å². The molecule has 0 fully saturated rings. The van der Waals surface area contributed by atoms with E-state index in [-0.39, 0.29) is 18.0 Å². The number of hydrogen-bond acceptors (Lipinski definition) is 7. The van der Waals surface area contributed by atoms with Crippen LogP contribution in [0.5, 0.6) is 5.75 Å². The Morgan fingerprint density at radius 2 is 1.82 bits per heavy atom. The third kappa shape index (κ3) is 4.93. The number of carbonyl (C=O) groups is 3. The second-order valence-electron chi connectivity index (χ2n) is 7.89. The third-order valence-electron chi connectivity index (χ3n) is 5.64. The van der Waals surface area contributed by atoms with E-state index in [1.54, 1.807) is 36.4 Å². The fourth-order valence-corrected chi connectivity index (χ4v) is 3.96. The molecule has 0 spiro atoms. The van der Waals surface area contributed by atoms with Gasteiger partial charge in [-0.05, 0) is 55.2 Å². The van der Waals surface area contributed by atoms with Crippen molar-refractivity contribution >= 4 is 23.5 Å². The van der Waals surface area contributed by atoms with E-state index in [1.807, 2.05) is 0 Å². The van der Waals surface area contributed by atoms with E-state index in [1.165, 1.54) is 20.3 Å². The predicted octanol–water partition coefficient (Wildman–Crippen LogP) is 3.53. The molecule has 2 N–H and O–H groups in total. The van der Waals surface area contributed by atoms with Crippen molar-refractivity contribution in [1.29, 1.82) is 0 Å². The highest BCUT2D eigenvalue weighted by atomic mass is 16.5. The highest BCUT2D eigenvalue weighted by Crippen LogP contribution is 2.25. The number of amides is 2. The highest BCUT2D eigenvalue weighted by Gasteiger charge is 2.24. The second kappa shape index (κ2) is 10.2. The van der Waals surface area contributed by atoms with Gasteiger partial charge < -0.3 is 24.6 Å². The molecule has 0 saturated carbocycles. The quantitative estimate of drug-likeness (QED) is 0.514. The standard InChI is InChI=1S/C25H25N3O6/c1-32-20-9-5-4-8-19(20)23(29)27-17-12-15(11-16(13-17)25(31)33-2)14-26-24(30)22-18-7-3-6-10-21(18)34-28-22/h4-5,8-9,11-13H,3,6-7,10,14H2,1-2H3,(H,26,30)(H,27,29). The second-order valence-corrected chi connectivity index (χ2v) is 7.89. The van der Waals surface area contributed by atoms with Gasteiger partial charge >= 0.3 is 5.97 Å². The minimum Gasteiger partial charge on any atom is -0.496 e. The monoisotopic (exact) mass is 463 g/mol. The number of benzene rings is 2. The van der Waals surface area contributed by atoms with Crippen LogP contribution in [0.2, 0.25) is 0 Å². The number of hydrogen-bond donors (Lipinski definition) is 2. The number of aryl methyl sites for hydroxylation is 1. The first-order valence-corrected chi connectivity index (χ1v) is 10.9. The summed E-state index contributed by atoms with van der Waals surface area (Å²) >= 11 is 0. The maximum absolute atomic E-state index is 12.8. The first-order valence-electron chi connectivity index (χ1n) is 10.9. The van der Waals surface area contributed by atoms with Gasteiger partial charge in [-0.25, -0.2) is 4.79 Å². The highest BCUT2D eigenvalue weighted by molar-refractivity contribution is 6.06. The van der Waals surface area contributed by atoms with Crippen molar-refractivity contribution in [3.05, 3.63) is 76.2 Å². The van der Waals surface area contributed by atoms with Crippen LogP contribution in [0.1, 0.15) is 60.9 Å². The average Bonchev–Trinajstić information content (AvgIpc) is 3.31. The molecule has 0 bridgehead atoms. The molecule has 0 radical (unpaired) electrons. The van der Waals surface area contributed by atoms with E-state index in [4.69, 9.17) is 14.0 Å². The summed E-state index contributed by atoms with van der Waals surface area (Å²) in [6.45, 7) is 0.114. The number of anilines is 1. The molecule has 0 atom stereocenters. The number of aromatic nitrogens is 1. The zero-order valence-corrected chi connectivity index (χ0v) is 19.0. The Morgan fingerprint density at radius 1 is 1.03 bits per heavy atom. The van der Waals surface area contributed by atoms with Crippen LogP contribution in [0.4, 0.5) is 5.69 Å². The van der Waals surface area contributed by atoms with Gasteiger partial charge in [-0.2, -0.15) is 0 Å². The van der Waals surface area contributed by atoms with Gasteiger partial charge in [0.25, 0.3) is 11.8 Å². The lowest BCUT2D eigenvalue weighted by Crippen LogP contribution is -2.25. The summed E-state index contributed by atoms with van der Waals surface area (Å²) in [6, 6.07) is 11.6. The molecule has 2 aromatic carbocycles. The molecule has 34 heavy (non-hydrogen) atoms. The summed E-state index contributed by atoms with van der Waals surface area (Å²) < 4.78 is 15.4. The van der Waals surface area contributed by atoms with Crippen molar-refractivity contribution < 1.29 is 28.4 Å². The summed E-state index contributed by atoms with van der Waals surface area (Å²) in [4.78, 5) is 37.7. The number of rotatable bonds is 7. The van der Waals surface area contributed by atoms with Crippen LogP contribution in [0.15, 0.2) is 47.0 Å². The lowest BCUT2D eigenvalue weighted by atomic mass is 9.96. The van der Waals surface area contributed by atoms with E-state index < -0.39 is 11.9 Å². The van der Waals surface area contributed by atoms with E-state index in [2.05, 4.69) is 15.8 Å². The van der Waals surface area contributed by atoms with Crippen LogP contribution < -0.4 is 15.4 Å². The largest absolute Gasteiger partial charge is 0.496 e. The molecule has 1 heterocycles. The molecule has 0 aliphatic heterocycles. The molecule has 1 aliphatic rings. The maximum atomic E-state index is 12.8. The molecule has 9 nitrogen and oxygen atoms in total. The number of ether oxygens (including phenoxy) is 2. The number of para-hydroxylation sites is 1. The van der Waals surface area contributed by atoms with Crippen molar-refractivity contribution in [2.45, 2.75) is 32.2 Å². The minimum atomic E-state index is -0.563. The Balaban J connectivity index is 1.53. The van der Waals surface area contributed by atoms with Crippen LogP contribution >= 0.6 is 0 Å². The molecule has 4 rings (SSSR count). The van der Waals surface area contributed by atoms with Crippen LogP contribution in [0.25, 0.3) is 0 Å². The summed E-state index contributed by atoms with van der Waals surface area (Å²) in [5, 5.41) is 9.55. The lowest BCUT2D eigenvalue weighted by Gasteiger charge is -2.13. The number of methoxy groups -OCH3 is 2. The Labute approximate surface area is 196 Å². The fourth-order valence-electron chi connectivity index (χ4n) is 3.96. The molecule has 2 amide bonds. The summed E-state index contributed by atoms with van der Waals surface area (Å²) in [7, 11) is 2.76. The van der Waals surface area contributed by atoms with Crippen LogP contribution in [-0.4, -0.2) is 37.2 Å². The number of carbonyl (C=O) groups excluding carboxylic acids is 3. The van der Waals surface area contributed by atoms with Gasteiger partial charge in [0, 0.05) is 24.2 Å². The van der Waals surface area contributed by atoms with Gasteiger partial charge in [0.2, 0.25) is 0 Å². The van der Waals surface area contributed by atoms with Crippen LogP contribution in [-0.2, 0) is 24.1 Å². The van der Waals surface area contributed by atoms with Gasteiger partial charge in [-0.15, -0.1) is 0 Å². The van der Waals surface area contributed by atoms with E-state index >= 15 is 0 Å². The Morgan fingerprint density at radius 3 is 2.62 bits per heavy atom. The molecular formula is C25H25N3O6. The third-order valence-corrected chi connectivity index (χ3v) is 5.64. The van der Waals surface area contributed by atoms with Crippen molar-refractivity contribution in [3.63, 3.8) is 0 Å². The zero-order chi connectivity index (χ0) is 24.1. The number of esters is 1.